The van der Waals surface area contributed by atoms with Gasteiger partial charge in [0.05, 0.1) is 28.8 Å². The molecule has 0 N–H and O–H groups in total. The van der Waals surface area contributed by atoms with Gasteiger partial charge in [0.25, 0.3) is 0 Å². The fourth-order valence-corrected chi connectivity index (χ4v) is 5.35. The van der Waals surface area contributed by atoms with E-state index in [1.807, 2.05) is 54.0 Å². The third-order valence-corrected chi connectivity index (χ3v) is 7.09. The molecule has 0 aliphatic heterocycles. The molecule has 0 aliphatic carbocycles. The molecule has 3 aromatic carbocycles. The van der Waals surface area contributed by atoms with Crippen molar-refractivity contribution in [3.8, 4) is 17.1 Å². The molecule has 0 bridgehead atoms. The van der Waals surface area contributed by atoms with E-state index in [1.165, 1.54) is 0 Å². The Bertz CT molecular complexity index is 1570. The molecule has 3 aromatic heterocycles. The summed E-state index contributed by atoms with van der Waals surface area (Å²) in [7, 11) is 0. The van der Waals surface area contributed by atoms with Gasteiger partial charge in [-0.2, -0.15) is 0 Å². The topological polar surface area (TPSA) is 43.9 Å². The van der Waals surface area contributed by atoms with Crippen molar-refractivity contribution < 1.29 is 4.42 Å². The Hall–Kier alpha value is -3.38. The van der Waals surface area contributed by atoms with Crippen molar-refractivity contribution in [3.63, 3.8) is 0 Å². The van der Waals surface area contributed by atoms with Crippen LogP contribution in [0, 0.1) is 0 Å². The van der Waals surface area contributed by atoms with Crippen LogP contribution in [0.2, 0.25) is 10.0 Å². The number of hydrogen-bond acceptors (Lipinski definition) is 4. The molecule has 0 aliphatic rings. The van der Waals surface area contributed by atoms with Crippen LogP contribution in [0.5, 0.6) is 0 Å². The summed E-state index contributed by atoms with van der Waals surface area (Å²) in [5.41, 5.74) is 5.93. The van der Waals surface area contributed by atoms with Crippen molar-refractivity contribution in [1.29, 1.82) is 0 Å². The van der Waals surface area contributed by atoms with Crippen molar-refractivity contribution in [2.24, 2.45) is 0 Å². The van der Waals surface area contributed by atoms with E-state index >= 15 is 0 Å². The van der Waals surface area contributed by atoms with Crippen LogP contribution in [0.1, 0.15) is 22.1 Å². The van der Waals surface area contributed by atoms with Gasteiger partial charge in [0.1, 0.15) is 17.1 Å². The van der Waals surface area contributed by atoms with Crippen LogP contribution in [0.25, 0.3) is 28.1 Å². The number of rotatable bonds is 5. The van der Waals surface area contributed by atoms with Crippen LogP contribution in [0.15, 0.2) is 101 Å². The van der Waals surface area contributed by atoms with Crippen LogP contribution in [0.3, 0.4) is 0 Å². The predicted octanol–water partition coefficient (Wildman–Crippen LogP) is 8.23. The Balaban J connectivity index is 1.60. The Kier molecular flexibility index (Phi) is 5.46. The molecule has 6 aromatic rings. The van der Waals surface area contributed by atoms with Crippen molar-refractivity contribution in [2.75, 3.05) is 0 Å². The van der Waals surface area contributed by atoms with Gasteiger partial charge in [0.2, 0.25) is 0 Å². The molecule has 0 saturated carbocycles. The fraction of sp³-hybridized carbons (Fsp3) is 0.0370. The number of furan rings is 1. The molecule has 0 spiro atoms. The van der Waals surface area contributed by atoms with Crippen LogP contribution < -0.4 is 0 Å². The lowest BCUT2D eigenvalue weighted by Gasteiger charge is -2.17. The average molecular weight is 502 g/mol. The smallest absolute Gasteiger partial charge is 0.148 e. The number of halogens is 2. The molecular formula is C27H17Cl2N3OS. The quantitative estimate of drug-likeness (QED) is 0.239. The summed E-state index contributed by atoms with van der Waals surface area (Å²) in [6, 6.07) is 24.0. The minimum absolute atomic E-state index is 0.0262. The molecule has 6 rings (SSSR count). The highest BCUT2D eigenvalue weighted by atomic mass is 35.5. The lowest BCUT2D eigenvalue weighted by Crippen LogP contribution is -2.04. The second-order valence-electron chi connectivity index (χ2n) is 7.87. The summed E-state index contributed by atoms with van der Waals surface area (Å²) in [6.45, 7) is 0. The Morgan fingerprint density at radius 1 is 0.882 bits per heavy atom. The average Bonchev–Trinajstić information content (AvgIpc) is 3.61. The van der Waals surface area contributed by atoms with E-state index in [4.69, 9.17) is 32.6 Å². The predicted molar refractivity (Wildman–Crippen MR) is 138 cm³/mol. The first kappa shape index (κ1) is 21.2. The number of benzene rings is 3. The summed E-state index contributed by atoms with van der Waals surface area (Å²) >= 11 is 14.2. The Labute approximate surface area is 210 Å². The van der Waals surface area contributed by atoms with Gasteiger partial charge in [0.15, 0.2) is 0 Å². The highest BCUT2D eigenvalue weighted by Gasteiger charge is 2.22. The molecule has 4 nitrogen and oxygen atoms in total. The first-order valence-electron chi connectivity index (χ1n) is 10.6. The van der Waals surface area contributed by atoms with Gasteiger partial charge in [-0.15, -0.1) is 11.3 Å². The van der Waals surface area contributed by atoms with E-state index in [0.29, 0.717) is 10.0 Å². The minimum atomic E-state index is -0.0262. The lowest BCUT2D eigenvalue weighted by molar-refractivity contribution is 0.568. The van der Waals surface area contributed by atoms with E-state index in [1.54, 1.807) is 23.9 Å². The maximum Gasteiger partial charge on any atom is 0.148 e. The second-order valence-corrected chi connectivity index (χ2v) is 9.66. The van der Waals surface area contributed by atoms with Gasteiger partial charge in [0, 0.05) is 27.3 Å². The van der Waals surface area contributed by atoms with Gasteiger partial charge in [-0.05, 0) is 59.7 Å². The van der Waals surface area contributed by atoms with Crippen molar-refractivity contribution >= 4 is 45.6 Å². The molecule has 3 heterocycles. The second kappa shape index (κ2) is 8.76. The molecule has 7 heteroatoms. The van der Waals surface area contributed by atoms with E-state index in [2.05, 4.69) is 39.9 Å². The third-order valence-electron chi connectivity index (χ3n) is 5.76. The highest BCUT2D eigenvalue weighted by Crippen LogP contribution is 2.37. The molecule has 1 unspecified atom stereocenters. The van der Waals surface area contributed by atoms with E-state index in [-0.39, 0.29) is 5.92 Å². The van der Waals surface area contributed by atoms with Crippen LogP contribution in [0.4, 0.5) is 0 Å². The zero-order valence-corrected chi connectivity index (χ0v) is 20.1. The van der Waals surface area contributed by atoms with E-state index < -0.39 is 0 Å². The minimum Gasteiger partial charge on any atom is -0.472 e. The van der Waals surface area contributed by atoms with Gasteiger partial charge in [-0.25, -0.2) is 9.97 Å². The van der Waals surface area contributed by atoms with Crippen LogP contribution >= 0.6 is 34.5 Å². The van der Waals surface area contributed by atoms with Crippen molar-refractivity contribution in [3.05, 3.63) is 123 Å². The first-order chi connectivity index (χ1) is 16.7. The van der Waals surface area contributed by atoms with Gasteiger partial charge in [-0.3, -0.25) is 4.57 Å². The summed E-state index contributed by atoms with van der Waals surface area (Å²) in [4.78, 5) is 9.58. The Morgan fingerprint density at radius 3 is 2.47 bits per heavy atom. The molecule has 0 radical (unpaired) electrons. The standard InChI is InChI=1S/C27H17Cl2N3OS/c28-20-7-4-17(5-8-20)25(27-30-11-13-34-27)18-6-9-23-24(14-18)32(22-3-1-2-21(29)15-22)26(31-23)19-10-12-33-16-19/h1-16,25H. The maximum atomic E-state index is 6.36. The molecule has 0 fully saturated rings. The Morgan fingerprint density at radius 2 is 1.74 bits per heavy atom. The molecular weight excluding hydrogens is 485 g/mol. The van der Waals surface area contributed by atoms with Gasteiger partial charge < -0.3 is 4.42 Å². The first-order valence-corrected chi connectivity index (χ1v) is 12.3. The van der Waals surface area contributed by atoms with Crippen molar-refractivity contribution in [2.45, 2.75) is 5.92 Å². The molecule has 166 valence electrons. The zero-order valence-electron chi connectivity index (χ0n) is 17.7. The number of thiazole rings is 1. The number of hydrogen-bond donors (Lipinski definition) is 0. The number of aromatic nitrogens is 3. The summed E-state index contributed by atoms with van der Waals surface area (Å²) in [5.74, 6) is 0.766. The normalized spacial score (nSPS) is 12.3. The van der Waals surface area contributed by atoms with E-state index in [9.17, 15) is 0 Å². The number of imidazole rings is 1. The fourth-order valence-electron chi connectivity index (χ4n) is 4.24. The summed E-state index contributed by atoms with van der Waals surface area (Å²) < 4.78 is 7.48. The largest absolute Gasteiger partial charge is 0.472 e. The van der Waals surface area contributed by atoms with Crippen molar-refractivity contribution in [1.82, 2.24) is 14.5 Å². The van der Waals surface area contributed by atoms with E-state index in [0.717, 1.165) is 44.2 Å². The van der Waals surface area contributed by atoms with Gasteiger partial charge >= 0.3 is 0 Å². The number of nitrogens with zero attached hydrogens (tertiary/aromatic N) is 3. The summed E-state index contributed by atoms with van der Waals surface area (Å²) in [6.07, 6.45) is 5.20. The lowest BCUT2D eigenvalue weighted by atomic mass is 9.91. The van der Waals surface area contributed by atoms with Crippen LogP contribution in [-0.4, -0.2) is 14.5 Å². The maximum absolute atomic E-state index is 6.36. The monoisotopic (exact) mass is 501 g/mol. The SMILES string of the molecule is Clc1ccc(C(c2ccc3nc(-c4ccoc4)n(-c4cccc(Cl)c4)c3c2)c2nccs2)cc1. The summed E-state index contributed by atoms with van der Waals surface area (Å²) in [5, 5.41) is 4.39. The highest BCUT2D eigenvalue weighted by molar-refractivity contribution is 7.09. The third kappa shape index (κ3) is 3.82. The zero-order chi connectivity index (χ0) is 23.1. The number of fused-ring (bicyclic) bond motifs is 1. The van der Waals surface area contributed by atoms with Gasteiger partial charge in [-0.1, -0.05) is 47.5 Å². The van der Waals surface area contributed by atoms with Crippen LogP contribution in [-0.2, 0) is 0 Å². The molecule has 0 amide bonds. The molecule has 0 saturated heterocycles. The molecule has 34 heavy (non-hydrogen) atoms. The molecule has 1 atom stereocenters.